The molecule has 6 heteroatoms. The van der Waals surface area contributed by atoms with Gasteiger partial charge in [-0.25, -0.2) is 9.97 Å². The van der Waals surface area contributed by atoms with Crippen molar-refractivity contribution in [3.05, 3.63) is 54.4 Å². The Labute approximate surface area is 151 Å². The van der Waals surface area contributed by atoms with Gasteiger partial charge in [0.05, 0.1) is 22.1 Å². The third-order valence-corrected chi connectivity index (χ3v) is 4.44. The number of nitrogens with zero attached hydrogens (tertiary/aromatic N) is 3. The van der Waals surface area contributed by atoms with Crippen LogP contribution < -0.4 is 5.32 Å². The fourth-order valence-corrected chi connectivity index (χ4v) is 3.15. The smallest absolute Gasteiger partial charge is 0.246 e. The molecule has 0 saturated heterocycles. The van der Waals surface area contributed by atoms with Crippen LogP contribution in [0.15, 0.2) is 48.5 Å². The van der Waals surface area contributed by atoms with Crippen molar-refractivity contribution in [1.29, 1.82) is 0 Å². The number of aromatic amines is 1. The summed E-state index contributed by atoms with van der Waals surface area (Å²) in [4.78, 5) is 24.8. The summed E-state index contributed by atoms with van der Waals surface area (Å²) in [6, 6.07) is 15.6. The minimum Gasteiger partial charge on any atom is -0.324 e. The Morgan fingerprint density at radius 2 is 1.85 bits per heavy atom. The number of imidazole rings is 2. The second-order valence-electron chi connectivity index (χ2n) is 6.36. The normalized spacial score (nSPS) is 11.3. The van der Waals surface area contributed by atoms with Crippen molar-refractivity contribution < 1.29 is 4.79 Å². The van der Waals surface area contributed by atoms with Gasteiger partial charge in [0.15, 0.2) is 0 Å². The van der Waals surface area contributed by atoms with Gasteiger partial charge in [-0.3, -0.25) is 10.1 Å². The molecule has 0 radical (unpaired) electrons. The van der Waals surface area contributed by atoms with Gasteiger partial charge >= 0.3 is 0 Å². The van der Waals surface area contributed by atoms with Crippen LogP contribution in [0, 0.1) is 0 Å². The third-order valence-electron chi connectivity index (χ3n) is 4.44. The summed E-state index contributed by atoms with van der Waals surface area (Å²) in [5.74, 6) is 1.30. The number of hydrogen-bond donors (Lipinski definition) is 2. The fraction of sp³-hybridized carbons (Fsp3) is 0.250. The van der Waals surface area contributed by atoms with Crippen molar-refractivity contribution in [3.8, 4) is 0 Å². The number of anilines is 1. The van der Waals surface area contributed by atoms with Crippen LogP contribution in [0.1, 0.15) is 25.6 Å². The number of fused-ring (bicyclic) bond motifs is 2. The molecule has 0 aliphatic heterocycles. The molecule has 0 bridgehead atoms. The maximum atomic E-state index is 12.6. The van der Waals surface area contributed by atoms with Crippen LogP contribution in [0.25, 0.3) is 22.1 Å². The van der Waals surface area contributed by atoms with Gasteiger partial charge in [-0.2, -0.15) is 0 Å². The molecule has 0 saturated carbocycles. The van der Waals surface area contributed by atoms with E-state index in [1.54, 1.807) is 0 Å². The number of carbonyl (C=O) groups is 1. The summed E-state index contributed by atoms with van der Waals surface area (Å²) < 4.78 is 2.00. The minimum atomic E-state index is -0.120. The zero-order valence-electron chi connectivity index (χ0n) is 14.7. The Morgan fingerprint density at radius 1 is 1.08 bits per heavy atom. The summed E-state index contributed by atoms with van der Waals surface area (Å²) in [5, 5.41) is 2.86. The van der Waals surface area contributed by atoms with Crippen LogP contribution >= 0.6 is 0 Å². The first-order valence-corrected chi connectivity index (χ1v) is 8.93. The molecule has 0 spiro atoms. The van der Waals surface area contributed by atoms with Crippen LogP contribution in [-0.2, 0) is 17.8 Å². The van der Waals surface area contributed by atoms with Gasteiger partial charge in [0.25, 0.3) is 0 Å². The quantitative estimate of drug-likeness (QED) is 0.555. The largest absolute Gasteiger partial charge is 0.324 e. The Hall–Kier alpha value is -3.15. The minimum absolute atomic E-state index is 0.120. The monoisotopic (exact) mass is 347 g/mol. The van der Waals surface area contributed by atoms with Crippen molar-refractivity contribution in [2.24, 2.45) is 0 Å². The van der Waals surface area contributed by atoms with Gasteiger partial charge < -0.3 is 9.55 Å². The van der Waals surface area contributed by atoms with E-state index in [4.69, 9.17) is 4.98 Å². The number of aryl methyl sites for hydroxylation is 1. The summed E-state index contributed by atoms with van der Waals surface area (Å²) in [7, 11) is 0. The molecule has 6 nitrogen and oxygen atoms in total. The average molecular weight is 347 g/mol. The molecule has 26 heavy (non-hydrogen) atoms. The van der Waals surface area contributed by atoms with Crippen molar-refractivity contribution in [2.45, 2.75) is 32.7 Å². The Morgan fingerprint density at radius 3 is 2.65 bits per heavy atom. The third kappa shape index (κ3) is 3.18. The molecule has 0 unspecified atom stereocenters. The molecule has 2 aromatic heterocycles. The highest BCUT2D eigenvalue weighted by Crippen LogP contribution is 2.18. The van der Waals surface area contributed by atoms with Gasteiger partial charge in [0.2, 0.25) is 11.9 Å². The summed E-state index contributed by atoms with van der Waals surface area (Å²) in [5.41, 5.74) is 3.65. The number of carbonyl (C=O) groups excluding carboxylic acids is 1. The predicted octanol–water partition coefficient (Wildman–Crippen LogP) is 3.89. The predicted molar refractivity (Wildman–Crippen MR) is 103 cm³/mol. The fourth-order valence-electron chi connectivity index (χ4n) is 3.15. The second kappa shape index (κ2) is 7.00. The van der Waals surface area contributed by atoms with E-state index < -0.39 is 0 Å². The number of H-pyrrole nitrogens is 1. The average Bonchev–Trinajstić information content (AvgIpc) is 3.20. The number of aromatic nitrogens is 4. The van der Waals surface area contributed by atoms with Crippen molar-refractivity contribution in [2.75, 3.05) is 5.32 Å². The molecule has 2 aromatic carbocycles. The number of benzene rings is 2. The zero-order chi connectivity index (χ0) is 17.9. The first-order chi connectivity index (χ1) is 12.7. The van der Waals surface area contributed by atoms with Gasteiger partial charge in [-0.05, 0) is 30.7 Å². The summed E-state index contributed by atoms with van der Waals surface area (Å²) in [6.07, 6.45) is 3.01. The lowest BCUT2D eigenvalue weighted by atomic mass is 10.2. The van der Waals surface area contributed by atoms with Gasteiger partial charge in [-0.15, -0.1) is 0 Å². The first kappa shape index (κ1) is 16.3. The van der Waals surface area contributed by atoms with E-state index in [1.807, 2.05) is 53.1 Å². The van der Waals surface area contributed by atoms with E-state index in [9.17, 15) is 4.79 Å². The van der Waals surface area contributed by atoms with Crippen molar-refractivity contribution in [3.63, 3.8) is 0 Å². The Bertz CT molecular complexity index is 1030. The molecule has 2 heterocycles. The number of hydrogen-bond acceptors (Lipinski definition) is 3. The number of nitrogens with one attached hydrogen (secondary N) is 2. The first-order valence-electron chi connectivity index (χ1n) is 8.93. The van der Waals surface area contributed by atoms with Crippen LogP contribution in [0.5, 0.6) is 0 Å². The van der Waals surface area contributed by atoms with E-state index in [0.29, 0.717) is 5.95 Å². The van der Waals surface area contributed by atoms with Crippen molar-refractivity contribution >= 4 is 33.9 Å². The molecular weight excluding hydrogens is 326 g/mol. The van der Waals surface area contributed by atoms with E-state index in [1.165, 1.54) is 0 Å². The lowest BCUT2D eigenvalue weighted by molar-refractivity contribution is -0.116. The molecule has 0 aliphatic carbocycles. The molecule has 1 amide bonds. The SMILES string of the molecule is CCCCc1nc2ccccc2n1CC(=O)Nc1nc2ccccc2[nH]1. The topological polar surface area (TPSA) is 75.6 Å². The zero-order valence-corrected chi connectivity index (χ0v) is 14.7. The molecule has 0 fully saturated rings. The van der Waals surface area contributed by atoms with E-state index in [-0.39, 0.29) is 12.5 Å². The van der Waals surface area contributed by atoms with Gasteiger partial charge in [0.1, 0.15) is 12.4 Å². The highest BCUT2D eigenvalue weighted by molar-refractivity contribution is 5.92. The van der Waals surface area contributed by atoms with Gasteiger partial charge in [-0.1, -0.05) is 37.6 Å². The molecule has 4 rings (SSSR count). The van der Waals surface area contributed by atoms with E-state index in [0.717, 1.165) is 47.2 Å². The van der Waals surface area contributed by atoms with E-state index in [2.05, 4.69) is 22.2 Å². The standard InChI is InChI=1S/C20H21N5O/c1-2-3-12-18-21-16-10-6-7-11-17(16)25(18)13-19(26)24-20-22-14-8-4-5-9-15(14)23-20/h4-11H,2-3,12-13H2,1H3,(H2,22,23,24,26). The van der Waals surface area contributed by atoms with Crippen LogP contribution in [0.4, 0.5) is 5.95 Å². The van der Waals surface area contributed by atoms with Crippen LogP contribution in [0.3, 0.4) is 0 Å². The van der Waals surface area contributed by atoms with Crippen molar-refractivity contribution in [1.82, 2.24) is 19.5 Å². The molecule has 4 aromatic rings. The molecule has 2 N–H and O–H groups in total. The van der Waals surface area contributed by atoms with Gasteiger partial charge in [0, 0.05) is 6.42 Å². The highest BCUT2D eigenvalue weighted by atomic mass is 16.2. The molecular formula is C20H21N5O. The molecule has 0 atom stereocenters. The number of amides is 1. The maximum Gasteiger partial charge on any atom is 0.246 e. The van der Waals surface area contributed by atoms with E-state index >= 15 is 0 Å². The highest BCUT2D eigenvalue weighted by Gasteiger charge is 2.14. The lowest BCUT2D eigenvalue weighted by Crippen LogP contribution is -2.20. The van der Waals surface area contributed by atoms with Crippen LogP contribution in [-0.4, -0.2) is 25.4 Å². The number of unbranched alkanes of at least 4 members (excludes halogenated alkanes) is 1. The number of para-hydroxylation sites is 4. The second-order valence-corrected chi connectivity index (χ2v) is 6.36. The lowest BCUT2D eigenvalue weighted by Gasteiger charge is -2.08. The molecule has 132 valence electrons. The number of rotatable bonds is 6. The Balaban J connectivity index is 1.58. The summed E-state index contributed by atoms with van der Waals surface area (Å²) in [6.45, 7) is 2.37. The molecule has 0 aliphatic rings. The Kier molecular flexibility index (Phi) is 4.39. The maximum absolute atomic E-state index is 12.6. The summed E-state index contributed by atoms with van der Waals surface area (Å²) >= 11 is 0. The van der Waals surface area contributed by atoms with Crippen LogP contribution in [0.2, 0.25) is 0 Å².